The summed E-state index contributed by atoms with van der Waals surface area (Å²) in [6.45, 7) is 5.27. The van der Waals surface area contributed by atoms with Crippen LogP contribution in [-0.2, 0) is 20.0 Å². The maximum Gasteiger partial charge on any atom is 0.421 e. The Morgan fingerprint density at radius 3 is 2.32 bits per heavy atom. The van der Waals surface area contributed by atoms with Crippen LogP contribution in [0.15, 0.2) is 84.0 Å². The van der Waals surface area contributed by atoms with E-state index in [0.717, 1.165) is 16.0 Å². The fourth-order valence-corrected chi connectivity index (χ4v) is 4.65. The fraction of sp³-hybridized carbons (Fsp3) is 0.222. The quantitative estimate of drug-likeness (QED) is 0.454. The van der Waals surface area contributed by atoms with E-state index in [2.05, 4.69) is 5.16 Å². The largest absolute Gasteiger partial charge is 0.443 e. The zero-order valence-electron chi connectivity index (χ0n) is 19.0. The van der Waals surface area contributed by atoms with Gasteiger partial charge >= 0.3 is 6.09 Å². The number of hydrogen-bond donors (Lipinski definition) is 0. The lowest BCUT2D eigenvalue weighted by molar-refractivity contribution is -0.141. The number of carbonyl (C=O) groups excluding carboxylic acids is 2. The second-order valence-electron chi connectivity index (χ2n) is 9.29. The number of nitrogens with zero attached hydrogens (tertiary/aromatic N) is 2. The van der Waals surface area contributed by atoms with Crippen molar-refractivity contribution in [1.82, 2.24) is 0 Å². The van der Waals surface area contributed by atoms with Crippen molar-refractivity contribution in [3.05, 3.63) is 101 Å². The van der Waals surface area contributed by atoms with Gasteiger partial charge in [-0.05, 0) is 44.5 Å². The third-order valence-electron chi connectivity index (χ3n) is 5.88. The molecule has 5 rings (SSSR count). The average Bonchev–Trinajstić information content (AvgIpc) is 3.31. The maximum atomic E-state index is 14.1. The number of ether oxygens (including phenoxy) is 1. The van der Waals surface area contributed by atoms with Gasteiger partial charge in [-0.1, -0.05) is 77.4 Å². The average molecular weight is 475 g/mol. The minimum absolute atomic E-state index is 0.422. The highest BCUT2D eigenvalue weighted by atomic mass is 35.5. The molecule has 0 saturated carbocycles. The molecule has 3 aromatic rings. The molecule has 2 aliphatic heterocycles. The monoisotopic (exact) mass is 474 g/mol. The van der Waals surface area contributed by atoms with Gasteiger partial charge in [-0.2, -0.15) is 0 Å². The topological polar surface area (TPSA) is 68.2 Å². The molecule has 0 saturated heterocycles. The highest BCUT2D eigenvalue weighted by Gasteiger charge is 2.65. The molecule has 3 aromatic carbocycles. The van der Waals surface area contributed by atoms with Gasteiger partial charge in [0, 0.05) is 16.1 Å². The number of rotatable bonds is 2. The zero-order valence-corrected chi connectivity index (χ0v) is 19.7. The standard InChI is InChI=1S/C27H23ClN2O4/c1-26(2,3)33-25(32)30-21-12-8-7-11-20(21)27(24(30)31)22(17-13-15-19(28)16-14-17)23(29-34-27)18-9-5-4-6-10-18/h4-16,22H,1-3H3. The third-order valence-corrected chi connectivity index (χ3v) is 6.13. The number of oxime groups is 1. The number of imide groups is 1. The van der Waals surface area contributed by atoms with E-state index in [1.807, 2.05) is 48.5 Å². The van der Waals surface area contributed by atoms with Gasteiger partial charge in [0.2, 0.25) is 0 Å². The summed E-state index contributed by atoms with van der Waals surface area (Å²) in [7, 11) is 0. The van der Waals surface area contributed by atoms with Gasteiger partial charge in [-0.3, -0.25) is 4.79 Å². The Labute approximate surface area is 202 Å². The normalized spacial score (nSPS) is 21.3. The molecule has 7 heteroatoms. The molecule has 2 unspecified atom stereocenters. The second-order valence-corrected chi connectivity index (χ2v) is 9.73. The SMILES string of the molecule is CC(C)(C)OC(=O)N1C(=O)C2(ON=C(c3ccccc3)C2c2ccc(Cl)cc2)c2ccccc21. The molecule has 34 heavy (non-hydrogen) atoms. The lowest BCUT2D eigenvalue weighted by Crippen LogP contribution is -2.48. The molecular weight excluding hydrogens is 452 g/mol. The van der Waals surface area contributed by atoms with Gasteiger partial charge < -0.3 is 9.57 Å². The fourth-order valence-electron chi connectivity index (χ4n) is 4.52. The molecular formula is C27H23ClN2O4. The Bertz CT molecular complexity index is 1300. The van der Waals surface area contributed by atoms with E-state index in [0.29, 0.717) is 22.0 Å². The minimum atomic E-state index is -1.56. The zero-order chi connectivity index (χ0) is 24.1. The molecule has 172 valence electrons. The van der Waals surface area contributed by atoms with E-state index in [4.69, 9.17) is 21.2 Å². The van der Waals surface area contributed by atoms with Crippen LogP contribution in [-0.4, -0.2) is 23.3 Å². The van der Waals surface area contributed by atoms with Gasteiger partial charge in [0.1, 0.15) is 5.60 Å². The number of halogens is 1. The predicted molar refractivity (Wildman–Crippen MR) is 130 cm³/mol. The van der Waals surface area contributed by atoms with Crippen molar-refractivity contribution in [2.45, 2.75) is 37.9 Å². The summed E-state index contributed by atoms with van der Waals surface area (Å²) in [6.07, 6.45) is -0.756. The first-order valence-corrected chi connectivity index (χ1v) is 11.3. The van der Waals surface area contributed by atoms with E-state index in [1.165, 1.54) is 0 Å². The van der Waals surface area contributed by atoms with Crippen molar-refractivity contribution in [3.8, 4) is 0 Å². The molecule has 0 fully saturated rings. The van der Waals surface area contributed by atoms with E-state index in [-0.39, 0.29) is 0 Å². The van der Waals surface area contributed by atoms with Crippen LogP contribution in [0.1, 0.15) is 43.4 Å². The van der Waals surface area contributed by atoms with Gasteiger partial charge in [0.25, 0.3) is 11.5 Å². The van der Waals surface area contributed by atoms with Gasteiger partial charge in [-0.15, -0.1) is 0 Å². The van der Waals surface area contributed by atoms with E-state index < -0.39 is 29.1 Å². The van der Waals surface area contributed by atoms with Crippen LogP contribution in [0.3, 0.4) is 0 Å². The van der Waals surface area contributed by atoms with Gasteiger partial charge in [0.15, 0.2) is 0 Å². The van der Waals surface area contributed by atoms with E-state index in [1.54, 1.807) is 51.1 Å². The Kier molecular flexibility index (Phi) is 5.21. The number of carbonyl (C=O) groups is 2. The number of amides is 2. The van der Waals surface area contributed by atoms with Gasteiger partial charge in [-0.25, -0.2) is 9.69 Å². The second kappa shape index (κ2) is 7.99. The molecule has 0 bridgehead atoms. The Morgan fingerprint density at radius 2 is 1.65 bits per heavy atom. The molecule has 2 atom stereocenters. The summed E-state index contributed by atoms with van der Waals surface area (Å²) >= 11 is 6.16. The highest BCUT2D eigenvalue weighted by Crippen LogP contribution is 2.55. The summed E-state index contributed by atoms with van der Waals surface area (Å²) in [6, 6.07) is 23.9. The first-order valence-electron chi connectivity index (χ1n) is 11.0. The van der Waals surface area contributed by atoms with Crippen molar-refractivity contribution >= 4 is 35.0 Å². The number of benzene rings is 3. The molecule has 0 radical (unpaired) electrons. The van der Waals surface area contributed by atoms with Crippen molar-refractivity contribution in [2.75, 3.05) is 4.90 Å². The van der Waals surface area contributed by atoms with Crippen LogP contribution in [0.4, 0.5) is 10.5 Å². The van der Waals surface area contributed by atoms with Crippen LogP contribution >= 0.6 is 11.6 Å². The van der Waals surface area contributed by atoms with Crippen LogP contribution < -0.4 is 4.90 Å². The summed E-state index contributed by atoms with van der Waals surface area (Å²) < 4.78 is 5.58. The highest BCUT2D eigenvalue weighted by molar-refractivity contribution is 6.30. The van der Waals surface area contributed by atoms with Crippen molar-refractivity contribution in [1.29, 1.82) is 0 Å². The number of anilines is 1. The van der Waals surface area contributed by atoms with E-state index in [9.17, 15) is 9.59 Å². The summed E-state index contributed by atoms with van der Waals surface area (Å²) in [5.41, 5.74) is 0.841. The maximum absolute atomic E-state index is 14.1. The minimum Gasteiger partial charge on any atom is -0.443 e. The van der Waals surface area contributed by atoms with Crippen LogP contribution in [0.2, 0.25) is 5.02 Å². The Morgan fingerprint density at radius 1 is 1.00 bits per heavy atom. The summed E-state index contributed by atoms with van der Waals surface area (Å²) in [4.78, 5) is 34.5. The van der Waals surface area contributed by atoms with E-state index >= 15 is 0 Å². The van der Waals surface area contributed by atoms with Crippen LogP contribution in [0.5, 0.6) is 0 Å². The molecule has 0 aliphatic carbocycles. The summed E-state index contributed by atoms with van der Waals surface area (Å²) in [5, 5.41) is 5.00. The molecule has 6 nitrogen and oxygen atoms in total. The third kappa shape index (κ3) is 3.46. The van der Waals surface area contributed by atoms with Gasteiger partial charge in [0.05, 0.1) is 17.3 Å². The molecule has 0 aromatic heterocycles. The number of hydrogen-bond acceptors (Lipinski definition) is 5. The lowest BCUT2D eigenvalue weighted by atomic mass is 9.74. The first-order chi connectivity index (χ1) is 16.2. The van der Waals surface area contributed by atoms with Crippen LogP contribution in [0, 0.1) is 0 Å². The van der Waals surface area contributed by atoms with Crippen molar-refractivity contribution < 1.29 is 19.2 Å². The lowest BCUT2D eigenvalue weighted by Gasteiger charge is -2.29. The summed E-state index contributed by atoms with van der Waals surface area (Å²) in [5.74, 6) is -1.16. The first kappa shape index (κ1) is 22.2. The molecule has 0 N–H and O–H groups in total. The molecule has 2 heterocycles. The smallest absolute Gasteiger partial charge is 0.421 e. The molecule has 2 amide bonds. The van der Waals surface area contributed by atoms with Crippen molar-refractivity contribution in [3.63, 3.8) is 0 Å². The predicted octanol–water partition coefficient (Wildman–Crippen LogP) is 6.04. The molecule has 1 spiro atoms. The van der Waals surface area contributed by atoms with Crippen LogP contribution in [0.25, 0.3) is 0 Å². The van der Waals surface area contributed by atoms with Crippen molar-refractivity contribution in [2.24, 2.45) is 5.16 Å². The Balaban J connectivity index is 1.70. The molecule has 2 aliphatic rings. The Hall–Kier alpha value is -3.64. The number of para-hydroxylation sites is 1. The number of fused-ring (bicyclic) bond motifs is 2.